The first kappa shape index (κ1) is 22.5. The topological polar surface area (TPSA) is 125 Å². The SMILES string of the molecule is CCS(=O)(=O)c1c(NC(=O)c2ccccn2)c(NC)nc(C2(C#N)CC2)c1C(F)(F)F. The van der Waals surface area contributed by atoms with Gasteiger partial charge >= 0.3 is 6.18 Å². The van der Waals surface area contributed by atoms with Crippen molar-refractivity contribution in [1.82, 2.24) is 9.97 Å². The number of alkyl halides is 3. The molecule has 2 aromatic rings. The van der Waals surface area contributed by atoms with E-state index in [1.165, 1.54) is 38.4 Å². The van der Waals surface area contributed by atoms with Crippen molar-refractivity contribution in [2.24, 2.45) is 0 Å². The standard InChI is InChI=1S/C19H18F3N5O3S/c1-3-31(29,30)14-12(19(20,21)22)15(18(10-23)7-8-18)27-16(24-2)13(14)26-17(28)11-6-4-5-9-25-11/h4-6,9H,3,7-8H2,1-2H3,(H,24,27)(H,26,28). The molecule has 2 N–H and O–H groups in total. The molecule has 2 heterocycles. The summed E-state index contributed by atoms with van der Waals surface area (Å²) in [5.74, 6) is -1.86. The maximum absolute atomic E-state index is 14.2. The summed E-state index contributed by atoms with van der Waals surface area (Å²) in [4.78, 5) is 19.3. The molecule has 2 aromatic heterocycles. The van der Waals surface area contributed by atoms with E-state index in [0.29, 0.717) is 0 Å². The second kappa shape index (κ2) is 7.81. The zero-order valence-corrected chi connectivity index (χ0v) is 17.4. The van der Waals surface area contributed by atoms with E-state index in [0.717, 1.165) is 0 Å². The van der Waals surface area contributed by atoms with E-state index < -0.39 is 54.9 Å². The molecule has 0 saturated heterocycles. The van der Waals surface area contributed by atoms with Gasteiger partial charge in [0, 0.05) is 13.2 Å². The number of hydrogen-bond acceptors (Lipinski definition) is 7. The third kappa shape index (κ3) is 4.05. The summed E-state index contributed by atoms with van der Waals surface area (Å²) >= 11 is 0. The highest BCUT2D eigenvalue weighted by Crippen LogP contribution is 2.54. The Labute approximate surface area is 176 Å². The van der Waals surface area contributed by atoms with E-state index in [1.54, 1.807) is 0 Å². The van der Waals surface area contributed by atoms with Gasteiger partial charge in [-0.2, -0.15) is 18.4 Å². The normalized spacial score (nSPS) is 15.1. The van der Waals surface area contributed by atoms with Crippen LogP contribution in [0, 0.1) is 11.3 Å². The van der Waals surface area contributed by atoms with Gasteiger partial charge in [-0.05, 0) is 25.0 Å². The van der Waals surface area contributed by atoms with E-state index in [1.807, 2.05) is 6.07 Å². The zero-order valence-electron chi connectivity index (χ0n) is 16.5. The van der Waals surface area contributed by atoms with Crippen molar-refractivity contribution in [2.45, 2.75) is 36.3 Å². The average Bonchev–Trinajstić information content (AvgIpc) is 3.54. The van der Waals surface area contributed by atoms with Crippen LogP contribution >= 0.6 is 0 Å². The summed E-state index contributed by atoms with van der Waals surface area (Å²) < 4.78 is 68.3. The highest BCUT2D eigenvalue weighted by molar-refractivity contribution is 7.91. The molecule has 164 valence electrons. The molecule has 1 aliphatic rings. The van der Waals surface area contributed by atoms with Crippen LogP contribution in [0.1, 0.15) is 41.5 Å². The van der Waals surface area contributed by atoms with Gasteiger partial charge in [0.25, 0.3) is 5.91 Å². The third-order valence-corrected chi connectivity index (χ3v) is 6.71. The van der Waals surface area contributed by atoms with Crippen molar-refractivity contribution in [3.05, 3.63) is 41.3 Å². The van der Waals surface area contributed by atoms with Gasteiger partial charge in [0.05, 0.1) is 23.1 Å². The van der Waals surface area contributed by atoms with Crippen molar-refractivity contribution in [3.63, 3.8) is 0 Å². The Morgan fingerprint density at radius 2 is 2.00 bits per heavy atom. The van der Waals surface area contributed by atoms with E-state index in [-0.39, 0.29) is 24.4 Å². The Balaban J connectivity index is 2.37. The van der Waals surface area contributed by atoms with Crippen LogP contribution in [0.5, 0.6) is 0 Å². The van der Waals surface area contributed by atoms with Gasteiger partial charge in [-0.3, -0.25) is 9.78 Å². The molecule has 31 heavy (non-hydrogen) atoms. The molecule has 0 radical (unpaired) electrons. The largest absolute Gasteiger partial charge is 0.419 e. The summed E-state index contributed by atoms with van der Waals surface area (Å²) in [7, 11) is -3.19. The second-order valence-electron chi connectivity index (χ2n) is 6.90. The Bertz CT molecular complexity index is 1170. The van der Waals surface area contributed by atoms with Gasteiger partial charge in [-0.25, -0.2) is 13.4 Å². The summed E-state index contributed by atoms with van der Waals surface area (Å²) in [5.41, 5.74) is -4.47. The van der Waals surface area contributed by atoms with Crippen LogP contribution in [0.3, 0.4) is 0 Å². The van der Waals surface area contributed by atoms with Gasteiger partial charge in [0.1, 0.15) is 21.7 Å². The zero-order chi connectivity index (χ0) is 23.0. The molecule has 0 atom stereocenters. The molecule has 12 heteroatoms. The maximum atomic E-state index is 14.2. The van der Waals surface area contributed by atoms with Crippen LogP contribution in [-0.4, -0.2) is 37.1 Å². The molecular formula is C19H18F3N5O3S. The molecular weight excluding hydrogens is 435 g/mol. The second-order valence-corrected chi connectivity index (χ2v) is 9.12. The molecule has 0 spiro atoms. The Kier molecular flexibility index (Phi) is 5.66. The molecule has 3 rings (SSSR count). The summed E-state index contributed by atoms with van der Waals surface area (Å²) in [5, 5.41) is 14.2. The van der Waals surface area contributed by atoms with E-state index in [4.69, 9.17) is 0 Å². The molecule has 0 unspecified atom stereocenters. The van der Waals surface area contributed by atoms with Crippen LogP contribution in [0.2, 0.25) is 0 Å². The number of aromatic nitrogens is 2. The maximum Gasteiger partial charge on any atom is 0.419 e. The van der Waals surface area contributed by atoms with Crippen LogP contribution < -0.4 is 10.6 Å². The number of pyridine rings is 2. The number of anilines is 2. The first-order valence-corrected chi connectivity index (χ1v) is 10.9. The van der Waals surface area contributed by atoms with Crippen LogP contribution in [0.25, 0.3) is 0 Å². The number of carbonyl (C=O) groups excluding carboxylic acids is 1. The number of nitrogens with one attached hydrogen (secondary N) is 2. The Hall–Kier alpha value is -3.20. The quantitative estimate of drug-likeness (QED) is 0.688. The lowest BCUT2D eigenvalue weighted by Gasteiger charge is -2.24. The number of halogens is 3. The molecule has 8 nitrogen and oxygen atoms in total. The molecule has 1 aliphatic carbocycles. The van der Waals surface area contributed by atoms with Crippen molar-refractivity contribution in [3.8, 4) is 6.07 Å². The predicted octanol–water partition coefficient (Wildman–Crippen LogP) is 3.14. The highest BCUT2D eigenvalue weighted by Gasteiger charge is 2.54. The smallest absolute Gasteiger partial charge is 0.371 e. The highest BCUT2D eigenvalue weighted by atomic mass is 32.2. The van der Waals surface area contributed by atoms with Crippen molar-refractivity contribution < 1.29 is 26.4 Å². The van der Waals surface area contributed by atoms with Crippen molar-refractivity contribution in [1.29, 1.82) is 5.26 Å². The first-order chi connectivity index (χ1) is 14.5. The molecule has 1 saturated carbocycles. The molecule has 0 aliphatic heterocycles. The Morgan fingerprint density at radius 3 is 2.45 bits per heavy atom. The van der Waals surface area contributed by atoms with Gasteiger partial charge in [-0.15, -0.1) is 0 Å². The van der Waals surface area contributed by atoms with E-state index >= 15 is 0 Å². The average molecular weight is 453 g/mol. The number of hydrogen-bond donors (Lipinski definition) is 2. The first-order valence-electron chi connectivity index (χ1n) is 9.20. The van der Waals surface area contributed by atoms with Crippen LogP contribution in [0.4, 0.5) is 24.7 Å². The van der Waals surface area contributed by atoms with Crippen LogP contribution in [-0.2, 0) is 21.4 Å². The van der Waals surface area contributed by atoms with Gasteiger partial charge < -0.3 is 10.6 Å². The number of nitriles is 1. The van der Waals surface area contributed by atoms with Crippen molar-refractivity contribution in [2.75, 3.05) is 23.4 Å². The molecule has 1 fully saturated rings. The Morgan fingerprint density at radius 1 is 1.32 bits per heavy atom. The van der Waals surface area contributed by atoms with Crippen molar-refractivity contribution >= 4 is 27.2 Å². The minimum Gasteiger partial charge on any atom is -0.371 e. The minimum atomic E-state index is -5.14. The monoisotopic (exact) mass is 453 g/mol. The van der Waals surface area contributed by atoms with Gasteiger partial charge in [-0.1, -0.05) is 13.0 Å². The lowest BCUT2D eigenvalue weighted by molar-refractivity contribution is -0.140. The lowest BCUT2D eigenvalue weighted by Crippen LogP contribution is -2.26. The molecule has 1 amide bonds. The molecule has 0 aromatic carbocycles. The third-order valence-electron chi connectivity index (χ3n) is 4.92. The number of rotatable bonds is 6. The van der Waals surface area contributed by atoms with Gasteiger partial charge in [0.2, 0.25) is 0 Å². The van der Waals surface area contributed by atoms with Crippen LogP contribution in [0.15, 0.2) is 29.3 Å². The minimum absolute atomic E-state index is 0.119. The fourth-order valence-corrected chi connectivity index (χ4v) is 4.40. The summed E-state index contributed by atoms with van der Waals surface area (Å²) in [6.45, 7) is 1.19. The number of amides is 1. The number of sulfone groups is 1. The van der Waals surface area contributed by atoms with E-state index in [9.17, 15) is 31.6 Å². The lowest BCUT2D eigenvalue weighted by atomic mass is 9.97. The number of carbonyl (C=O) groups is 1. The van der Waals surface area contributed by atoms with Gasteiger partial charge in [0.15, 0.2) is 15.7 Å². The number of nitrogens with zero attached hydrogens (tertiary/aromatic N) is 3. The molecule has 0 bridgehead atoms. The van der Waals surface area contributed by atoms with E-state index in [2.05, 4.69) is 20.6 Å². The predicted molar refractivity (Wildman–Crippen MR) is 105 cm³/mol. The summed E-state index contributed by atoms with van der Waals surface area (Å²) in [6, 6.07) is 6.19. The fraction of sp³-hybridized carbons (Fsp3) is 0.368. The summed E-state index contributed by atoms with van der Waals surface area (Å²) in [6.07, 6.45) is -3.59. The fourth-order valence-electron chi connectivity index (χ4n) is 3.13.